The number of nitrogens with zero attached hydrogens (tertiary/aromatic N) is 6. The average molecular weight is 863 g/mol. The van der Waals surface area contributed by atoms with Crippen LogP contribution in [0.2, 0.25) is 0 Å². The van der Waals surface area contributed by atoms with Gasteiger partial charge < -0.3 is 25.0 Å². The first-order valence-corrected chi connectivity index (χ1v) is 22.7. The van der Waals surface area contributed by atoms with Gasteiger partial charge in [-0.15, -0.1) is 0 Å². The summed E-state index contributed by atoms with van der Waals surface area (Å²) in [4.78, 5) is 37.5. The summed E-state index contributed by atoms with van der Waals surface area (Å²) >= 11 is 0. The van der Waals surface area contributed by atoms with Crippen LogP contribution in [0.3, 0.4) is 0 Å². The molecule has 0 atom stereocenters. The van der Waals surface area contributed by atoms with Crippen LogP contribution in [0.5, 0.6) is 0 Å². The quantitative estimate of drug-likeness (QED) is 0.113. The first kappa shape index (κ1) is 47.1. The van der Waals surface area contributed by atoms with Gasteiger partial charge >= 0.3 is 6.09 Å². The Balaban J connectivity index is 0.00000326. The molecule has 2 aliphatic heterocycles. The maximum Gasteiger partial charge on any atom is 0.410 e. The molecule has 2 aromatic heterocycles. The summed E-state index contributed by atoms with van der Waals surface area (Å²) in [5.74, 6) is -0.418. The molecule has 2 fully saturated rings. The molecule has 5 aromatic rings. The standard InChI is InChI=1S/C48H61FN8O4.C2H6/c1-7-43-40(44(52-38-17-23-60-24-18-38)41-29-51-57(8-2)45(41)53-43)28-50-46(58)37-14-10-11-33(26-37)30-54(6)31-35-15-16-42(49)39(27-35)36-13-9-12-34(25-36)32-55-19-21-56(22-20-55)47(59)61-48(3,4)5;1-2/h9-16,25-27,29,38H,7-8,17-24,28,30-32H2,1-6H3,(H,50,58)(H,52,53);1-2H3. The van der Waals surface area contributed by atoms with Crippen molar-refractivity contribution in [2.24, 2.45) is 0 Å². The summed E-state index contributed by atoms with van der Waals surface area (Å²) < 4.78 is 28.5. The van der Waals surface area contributed by atoms with Crippen molar-refractivity contribution in [3.05, 3.63) is 112 Å². The molecule has 7 rings (SSSR count). The number of rotatable bonds is 14. The van der Waals surface area contributed by atoms with Gasteiger partial charge in [-0.3, -0.25) is 14.6 Å². The van der Waals surface area contributed by atoms with Crippen molar-refractivity contribution < 1.29 is 23.5 Å². The van der Waals surface area contributed by atoms with Gasteiger partial charge in [0.05, 0.1) is 17.3 Å². The van der Waals surface area contributed by atoms with Gasteiger partial charge in [-0.2, -0.15) is 5.10 Å². The Morgan fingerprint density at radius 2 is 1.62 bits per heavy atom. The number of ether oxygens (including phenoxy) is 2. The van der Waals surface area contributed by atoms with Gasteiger partial charge in [0.25, 0.3) is 5.91 Å². The Bertz CT molecular complexity index is 2310. The first-order chi connectivity index (χ1) is 30.4. The number of carbonyl (C=O) groups is 2. The molecular weight excluding hydrogens is 796 g/mol. The Kier molecular flexibility index (Phi) is 16.3. The smallest absolute Gasteiger partial charge is 0.410 e. The van der Waals surface area contributed by atoms with E-state index in [0.29, 0.717) is 50.4 Å². The lowest BCUT2D eigenvalue weighted by Gasteiger charge is -2.35. The highest BCUT2D eigenvalue weighted by atomic mass is 19.1. The number of pyridine rings is 1. The number of hydrogen-bond donors (Lipinski definition) is 2. The molecular formula is C50H67FN8O4. The van der Waals surface area contributed by atoms with Gasteiger partial charge in [-0.25, -0.2) is 18.9 Å². The summed E-state index contributed by atoms with van der Waals surface area (Å²) in [5, 5.41) is 12.6. The number of amides is 2. The van der Waals surface area contributed by atoms with Crippen LogP contribution in [0.25, 0.3) is 22.2 Å². The maximum atomic E-state index is 15.4. The zero-order chi connectivity index (χ0) is 45.1. The van der Waals surface area contributed by atoms with Crippen molar-refractivity contribution in [3.8, 4) is 11.1 Å². The molecule has 0 radical (unpaired) electrons. The lowest BCUT2D eigenvalue weighted by molar-refractivity contribution is 0.0139. The van der Waals surface area contributed by atoms with E-state index in [-0.39, 0.29) is 23.9 Å². The number of benzene rings is 3. The minimum atomic E-state index is -0.521. The second-order valence-electron chi connectivity index (χ2n) is 17.3. The van der Waals surface area contributed by atoms with Gasteiger partial charge in [0.1, 0.15) is 11.4 Å². The molecule has 0 bridgehead atoms. The summed E-state index contributed by atoms with van der Waals surface area (Å²) in [6.07, 6.45) is 4.16. The minimum absolute atomic E-state index is 0.151. The van der Waals surface area contributed by atoms with Crippen LogP contribution >= 0.6 is 0 Å². The summed E-state index contributed by atoms with van der Waals surface area (Å²) in [6.45, 7) is 20.9. The number of halogens is 1. The predicted molar refractivity (Wildman–Crippen MR) is 249 cm³/mol. The Hall–Kier alpha value is -5.37. The second kappa shape index (κ2) is 21.8. The normalized spacial score (nSPS) is 15.0. The molecule has 12 nitrogen and oxygen atoms in total. The van der Waals surface area contributed by atoms with Crippen molar-refractivity contribution in [1.29, 1.82) is 0 Å². The molecule has 3 aromatic carbocycles. The fraction of sp³-hybridized carbons (Fsp3) is 0.480. The molecule has 2 aliphatic rings. The number of nitrogens with one attached hydrogen (secondary N) is 2. The van der Waals surface area contributed by atoms with E-state index in [4.69, 9.17) is 14.5 Å². The lowest BCUT2D eigenvalue weighted by Crippen LogP contribution is -2.49. The van der Waals surface area contributed by atoms with Gasteiger partial charge in [-0.1, -0.05) is 57.2 Å². The SMILES string of the molecule is CC.CCc1nc2c(cnn2CC)c(NC2CCOCC2)c1CNC(=O)c1cccc(CN(C)Cc2ccc(F)c(-c3cccc(CN4CCN(C(=O)OC(C)(C)C)CC4)c3)c2)c1. The van der Waals surface area contributed by atoms with E-state index in [2.05, 4.69) is 51.5 Å². The van der Waals surface area contributed by atoms with Crippen molar-refractivity contribution in [2.75, 3.05) is 51.8 Å². The molecule has 0 aliphatic carbocycles. The molecule has 63 heavy (non-hydrogen) atoms. The van der Waals surface area contributed by atoms with Crippen LogP contribution < -0.4 is 10.6 Å². The largest absolute Gasteiger partial charge is 0.444 e. The third kappa shape index (κ3) is 12.4. The molecule has 0 unspecified atom stereocenters. The van der Waals surface area contributed by atoms with Crippen LogP contribution in [-0.2, 0) is 48.6 Å². The van der Waals surface area contributed by atoms with Crippen molar-refractivity contribution in [1.82, 2.24) is 34.8 Å². The maximum absolute atomic E-state index is 15.4. The number of anilines is 1. The third-order valence-corrected chi connectivity index (χ3v) is 11.4. The molecule has 2 N–H and O–H groups in total. The van der Waals surface area contributed by atoms with Crippen LogP contribution in [0, 0.1) is 5.82 Å². The predicted octanol–water partition coefficient (Wildman–Crippen LogP) is 9.05. The summed E-state index contributed by atoms with van der Waals surface area (Å²) in [7, 11) is 2.03. The van der Waals surface area contributed by atoms with Gasteiger partial charge in [0, 0.05) is 101 Å². The van der Waals surface area contributed by atoms with Crippen LogP contribution in [0.1, 0.15) is 99.6 Å². The van der Waals surface area contributed by atoms with Crippen LogP contribution in [-0.4, -0.2) is 99.5 Å². The third-order valence-electron chi connectivity index (χ3n) is 11.4. The van der Waals surface area contributed by atoms with Crippen LogP contribution in [0.15, 0.2) is 72.9 Å². The summed E-state index contributed by atoms with van der Waals surface area (Å²) in [5.41, 5.74) is 8.32. The highest BCUT2D eigenvalue weighted by Crippen LogP contribution is 2.32. The fourth-order valence-electron chi connectivity index (χ4n) is 8.26. The van der Waals surface area contributed by atoms with Crippen molar-refractivity contribution >= 4 is 28.7 Å². The number of aromatic nitrogens is 3. The van der Waals surface area contributed by atoms with Crippen molar-refractivity contribution in [2.45, 2.75) is 112 Å². The van der Waals surface area contributed by atoms with E-state index >= 15 is 4.39 Å². The van der Waals surface area contributed by atoms with E-state index < -0.39 is 5.60 Å². The monoisotopic (exact) mass is 863 g/mol. The van der Waals surface area contributed by atoms with E-state index in [1.165, 1.54) is 0 Å². The fourth-order valence-corrected chi connectivity index (χ4v) is 8.26. The van der Waals surface area contributed by atoms with E-state index in [1.807, 2.05) is 101 Å². The number of piperazine rings is 1. The zero-order valence-corrected chi connectivity index (χ0v) is 38.6. The zero-order valence-electron chi connectivity index (χ0n) is 38.6. The Morgan fingerprint density at radius 1 is 0.921 bits per heavy atom. The van der Waals surface area contributed by atoms with Gasteiger partial charge in [0.2, 0.25) is 0 Å². The highest BCUT2D eigenvalue weighted by Gasteiger charge is 2.26. The lowest BCUT2D eigenvalue weighted by atomic mass is 10.00. The Morgan fingerprint density at radius 3 is 2.32 bits per heavy atom. The second-order valence-corrected chi connectivity index (χ2v) is 17.3. The van der Waals surface area contributed by atoms with E-state index in [1.54, 1.807) is 11.0 Å². The van der Waals surface area contributed by atoms with E-state index in [9.17, 15) is 9.59 Å². The highest BCUT2D eigenvalue weighted by molar-refractivity contribution is 5.95. The van der Waals surface area contributed by atoms with E-state index in [0.717, 1.165) is 102 Å². The van der Waals surface area contributed by atoms with Gasteiger partial charge in [-0.05, 0) is 107 Å². The van der Waals surface area contributed by atoms with Crippen molar-refractivity contribution in [3.63, 3.8) is 0 Å². The first-order valence-electron chi connectivity index (χ1n) is 22.7. The van der Waals surface area contributed by atoms with Gasteiger partial charge in [0.15, 0.2) is 5.65 Å². The number of carbonyl (C=O) groups excluding carboxylic acids is 2. The molecule has 0 saturated carbocycles. The number of fused-ring (bicyclic) bond motifs is 1. The molecule has 338 valence electrons. The minimum Gasteiger partial charge on any atom is -0.444 e. The molecule has 0 spiro atoms. The van der Waals surface area contributed by atoms with Crippen LogP contribution in [0.4, 0.5) is 14.9 Å². The molecule has 13 heteroatoms. The summed E-state index contributed by atoms with van der Waals surface area (Å²) in [6, 6.07) is 21.4. The molecule has 2 amide bonds. The Labute approximate surface area is 373 Å². The number of hydrogen-bond acceptors (Lipinski definition) is 9. The molecule has 4 heterocycles. The molecule has 2 saturated heterocycles. The topological polar surface area (TPSA) is 117 Å². The average Bonchev–Trinajstić information content (AvgIpc) is 3.70. The number of aryl methyl sites for hydroxylation is 2.